The molecule has 0 aliphatic rings. The van der Waals surface area contributed by atoms with Gasteiger partial charge in [-0.3, -0.25) is 4.79 Å². The van der Waals surface area contributed by atoms with Crippen molar-refractivity contribution >= 4 is 17.2 Å². The second-order valence-corrected chi connectivity index (χ2v) is 5.45. The Bertz CT molecular complexity index is 598. The Morgan fingerprint density at radius 1 is 1.43 bits per heavy atom. The van der Waals surface area contributed by atoms with Crippen LogP contribution in [0, 0.1) is 6.92 Å². The maximum Gasteiger partial charge on any atom is 0.256 e. The summed E-state index contributed by atoms with van der Waals surface area (Å²) in [6.07, 6.45) is 3.44. The first-order valence-electron chi connectivity index (χ1n) is 6.97. The van der Waals surface area contributed by atoms with Crippen LogP contribution in [0.5, 0.6) is 5.88 Å². The van der Waals surface area contributed by atoms with Crippen molar-refractivity contribution in [1.82, 2.24) is 15.3 Å². The number of carbonyl (C=O) groups excluding carboxylic acids is 1. The number of aromatic nitrogens is 2. The molecule has 2 aromatic heterocycles. The number of carbonyl (C=O) groups is 1. The summed E-state index contributed by atoms with van der Waals surface area (Å²) in [5.41, 5.74) is 3.42. The summed E-state index contributed by atoms with van der Waals surface area (Å²) >= 11 is 1.66. The van der Waals surface area contributed by atoms with Gasteiger partial charge in [-0.25, -0.2) is 9.97 Å². The number of thiazole rings is 1. The van der Waals surface area contributed by atoms with E-state index in [4.69, 9.17) is 4.74 Å². The molecule has 1 amide bonds. The summed E-state index contributed by atoms with van der Waals surface area (Å²) < 4.78 is 5.36. The first-order chi connectivity index (χ1) is 10.2. The highest BCUT2D eigenvalue weighted by atomic mass is 32.1. The molecule has 0 bridgehead atoms. The Morgan fingerprint density at radius 2 is 2.29 bits per heavy atom. The summed E-state index contributed by atoms with van der Waals surface area (Å²) in [4.78, 5) is 21.7. The third kappa shape index (κ3) is 4.26. The molecular formula is C15H19N3O2S. The van der Waals surface area contributed by atoms with Gasteiger partial charge in [0.1, 0.15) is 5.56 Å². The molecule has 0 spiro atoms. The van der Waals surface area contributed by atoms with E-state index in [1.54, 1.807) is 29.7 Å². The molecule has 0 radical (unpaired) electrons. The van der Waals surface area contributed by atoms with E-state index < -0.39 is 0 Å². The molecule has 6 heteroatoms. The molecule has 0 aromatic carbocycles. The Kier molecular flexibility index (Phi) is 5.68. The zero-order valence-electron chi connectivity index (χ0n) is 12.3. The first kappa shape index (κ1) is 15.4. The molecule has 0 unspecified atom stereocenters. The Balaban J connectivity index is 1.83. The fraction of sp³-hybridized carbons (Fsp3) is 0.400. The molecule has 0 saturated heterocycles. The highest BCUT2D eigenvalue weighted by Crippen LogP contribution is 2.15. The molecule has 2 aromatic rings. The molecule has 21 heavy (non-hydrogen) atoms. The highest BCUT2D eigenvalue weighted by molar-refractivity contribution is 7.09. The van der Waals surface area contributed by atoms with E-state index in [-0.39, 0.29) is 5.91 Å². The number of nitrogens with zero attached hydrogens (tertiary/aromatic N) is 2. The summed E-state index contributed by atoms with van der Waals surface area (Å²) in [5.74, 6) is 0.239. The fourth-order valence-corrected chi connectivity index (χ4v) is 2.75. The van der Waals surface area contributed by atoms with Crippen LogP contribution in [0.1, 0.15) is 34.3 Å². The third-order valence-corrected chi connectivity index (χ3v) is 4.00. The summed E-state index contributed by atoms with van der Waals surface area (Å²) in [7, 11) is 0. The van der Waals surface area contributed by atoms with Crippen molar-refractivity contribution in [3.8, 4) is 5.88 Å². The van der Waals surface area contributed by atoms with E-state index in [2.05, 4.69) is 15.3 Å². The van der Waals surface area contributed by atoms with Crippen molar-refractivity contribution in [2.45, 2.75) is 26.7 Å². The molecule has 2 rings (SSSR count). The second kappa shape index (κ2) is 7.73. The van der Waals surface area contributed by atoms with E-state index in [1.165, 1.54) is 4.88 Å². The van der Waals surface area contributed by atoms with Crippen molar-refractivity contribution in [1.29, 1.82) is 0 Å². The van der Waals surface area contributed by atoms with Crippen LogP contribution in [-0.2, 0) is 6.42 Å². The van der Waals surface area contributed by atoms with Gasteiger partial charge in [0.2, 0.25) is 5.88 Å². The van der Waals surface area contributed by atoms with E-state index in [0.717, 1.165) is 18.5 Å². The van der Waals surface area contributed by atoms with Crippen molar-refractivity contribution in [2.75, 3.05) is 13.2 Å². The lowest BCUT2D eigenvalue weighted by molar-refractivity contribution is 0.0948. The minimum atomic E-state index is -0.146. The van der Waals surface area contributed by atoms with Crippen LogP contribution in [0.25, 0.3) is 0 Å². The van der Waals surface area contributed by atoms with Crippen molar-refractivity contribution in [2.24, 2.45) is 0 Å². The Morgan fingerprint density at radius 3 is 3.00 bits per heavy atom. The van der Waals surface area contributed by atoms with Crippen LogP contribution in [-0.4, -0.2) is 29.0 Å². The fourth-order valence-electron chi connectivity index (χ4n) is 1.93. The van der Waals surface area contributed by atoms with Crippen molar-refractivity contribution in [3.63, 3.8) is 0 Å². The van der Waals surface area contributed by atoms with Gasteiger partial charge in [0.25, 0.3) is 5.91 Å². The molecule has 0 aliphatic carbocycles. The lowest BCUT2D eigenvalue weighted by atomic mass is 10.2. The van der Waals surface area contributed by atoms with Gasteiger partial charge in [-0.1, -0.05) is 0 Å². The quantitative estimate of drug-likeness (QED) is 0.799. The van der Waals surface area contributed by atoms with E-state index in [9.17, 15) is 4.79 Å². The predicted molar refractivity (Wildman–Crippen MR) is 82.9 cm³/mol. The first-order valence-corrected chi connectivity index (χ1v) is 7.85. The second-order valence-electron chi connectivity index (χ2n) is 4.51. The number of amides is 1. The van der Waals surface area contributed by atoms with Crippen LogP contribution in [0.15, 0.2) is 23.8 Å². The predicted octanol–water partition coefficient (Wildman–Crippen LogP) is 2.61. The number of hydrogen-bond donors (Lipinski definition) is 1. The molecule has 1 N–H and O–H groups in total. The van der Waals surface area contributed by atoms with Gasteiger partial charge >= 0.3 is 0 Å². The van der Waals surface area contributed by atoms with Gasteiger partial charge < -0.3 is 10.1 Å². The average molecular weight is 305 g/mol. The minimum Gasteiger partial charge on any atom is -0.477 e. The molecule has 5 nitrogen and oxygen atoms in total. The highest BCUT2D eigenvalue weighted by Gasteiger charge is 2.12. The number of rotatable bonds is 7. The topological polar surface area (TPSA) is 64.1 Å². The largest absolute Gasteiger partial charge is 0.477 e. The summed E-state index contributed by atoms with van der Waals surface area (Å²) in [5, 5.41) is 2.90. The number of aryl methyl sites for hydroxylation is 2. The van der Waals surface area contributed by atoms with E-state index in [0.29, 0.717) is 24.6 Å². The molecule has 112 valence electrons. The zero-order valence-corrected chi connectivity index (χ0v) is 13.1. The van der Waals surface area contributed by atoms with Crippen LogP contribution in [0.4, 0.5) is 0 Å². The van der Waals surface area contributed by atoms with Crippen LogP contribution >= 0.6 is 11.3 Å². The maximum atomic E-state index is 12.1. The monoisotopic (exact) mass is 305 g/mol. The van der Waals surface area contributed by atoms with Gasteiger partial charge in [0.15, 0.2) is 0 Å². The lowest BCUT2D eigenvalue weighted by Gasteiger charge is -2.09. The smallest absolute Gasteiger partial charge is 0.256 e. The lowest BCUT2D eigenvalue weighted by Crippen LogP contribution is -2.25. The summed E-state index contributed by atoms with van der Waals surface area (Å²) in [6.45, 7) is 4.99. The van der Waals surface area contributed by atoms with E-state index in [1.807, 2.05) is 19.4 Å². The molecular weight excluding hydrogens is 286 g/mol. The van der Waals surface area contributed by atoms with Crippen LogP contribution < -0.4 is 10.1 Å². The van der Waals surface area contributed by atoms with Crippen molar-refractivity contribution in [3.05, 3.63) is 40.0 Å². The van der Waals surface area contributed by atoms with Gasteiger partial charge in [0.05, 0.1) is 17.8 Å². The molecule has 0 aliphatic heterocycles. The van der Waals surface area contributed by atoms with E-state index >= 15 is 0 Å². The molecule has 0 saturated carbocycles. The van der Waals surface area contributed by atoms with Gasteiger partial charge in [-0.2, -0.15) is 0 Å². The van der Waals surface area contributed by atoms with Crippen LogP contribution in [0.3, 0.4) is 0 Å². The van der Waals surface area contributed by atoms with Gasteiger partial charge in [0, 0.05) is 17.6 Å². The van der Waals surface area contributed by atoms with Crippen LogP contribution in [0.2, 0.25) is 0 Å². The Hall–Kier alpha value is -1.95. The average Bonchev–Trinajstić information content (AvgIpc) is 2.90. The zero-order chi connectivity index (χ0) is 15.1. The number of ether oxygens (including phenoxy) is 1. The van der Waals surface area contributed by atoms with Gasteiger partial charge in [-0.15, -0.1) is 11.3 Å². The van der Waals surface area contributed by atoms with Crippen molar-refractivity contribution < 1.29 is 9.53 Å². The SMILES string of the molecule is CCOc1ncccc1C(=O)NCCCc1scnc1C. The molecule has 2 heterocycles. The van der Waals surface area contributed by atoms with Gasteiger partial charge in [-0.05, 0) is 38.8 Å². The normalized spacial score (nSPS) is 10.4. The minimum absolute atomic E-state index is 0.146. The molecule has 0 atom stereocenters. The number of nitrogens with one attached hydrogen (secondary N) is 1. The third-order valence-electron chi connectivity index (χ3n) is 3.01. The molecule has 0 fully saturated rings. The summed E-state index contributed by atoms with van der Waals surface area (Å²) in [6, 6.07) is 3.46. The number of hydrogen-bond acceptors (Lipinski definition) is 5. The maximum absolute atomic E-state index is 12.1. The Labute approximate surface area is 128 Å². The number of pyridine rings is 1. The standard InChI is InChI=1S/C15H19N3O2S/c1-3-20-15-12(6-4-9-17-15)14(19)16-8-5-7-13-11(2)18-10-21-13/h4,6,9-10H,3,5,7-8H2,1-2H3,(H,16,19).